The number of pyridine rings is 1. The number of nitrogens with zero attached hydrogens (tertiary/aromatic N) is 1. The summed E-state index contributed by atoms with van der Waals surface area (Å²) >= 11 is 0. The zero-order valence-electron chi connectivity index (χ0n) is 7.41. The topological polar surface area (TPSA) is 33.1 Å². The van der Waals surface area contributed by atoms with Crippen LogP contribution >= 0.6 is 0 Å². The van der Waals surface area contributed by atoms with Crippen LogP contribution in [0.3, 0.4) is 0 Å². The van der Waals surface area contributed by atoms with E-state index >= 15 is 0 Å². The SMILES string of the molecule is Cc1cncc(/C=C/CO)c1C. The standard InChI is InChI=1S/C10H13NO/c1-8-6-11-7-10(9(8)2)4-3-5-12/h3-4,6-7,12H,5H2,1-2H3/b4-3+. The molecule has 0 atom stereocenters. The summed E-state index contributed by atoms with van der Waals surface area (Å²) in [6.07, 6.45) is 7.24. The molecule has 1 rings (SSSR count). The minimum atomic E-state index is 0.0768. The van der Waals surface area contributed by atoms with Crippen molar-refractivity contribution >= 4 is 6.08 Å². The molecule has 1 heterocycles. The van der Waals surface area contributed by atoms with Crippen molar-refractivity contribution in [2.24, 2.45) is 0 Å². The highest BCUT2D eigenvalue weighted by Gasteiger charge is 1.96. The van der Waals surface area contributed by atoms with Crippen LogP contribution in [0, 0.1) is 13.8 Å². The summed E-state index contributed by atoms with van der Waals surface area (Å²) in [5, 5.41) is 8.58. The summed E-state index contributed by atoms with van der Waals surface area (Å²) in [6, 6.07) is 0. The van der Waals surface area contributed by atoms with Gasteiger partial charge in [-0.05, 0) is 30.5 Å². The van der Waals surface area contributed by atoms with Crippen molar-refractivity contribution in [2.45, 2.75) is 13.8 Å². The minimum absolute atomic E-state index is 0.0768. The molecule has 0 bridgehead atoms. The van der Waals surface area contributed by atoms with Gasteiger partial charge in [0.1, 0.15) is 0 Å². The third-order valence-electron chi connectivity index (χ3n) is 1.91. The first-order valence-corrected chi connectivity index (χ1v) is 3.94. The van der Waals surface area contributed by atoms with E-state index in [4.69, 9.17) is 5.11 Å². The molecule has 0 aliphatic rings. The van der Waals surface area contributed by atoms with Crippen molar-refractivity contribution in [1.82, 2.24) is 4.98 Å². The number of aliphatic hydroxyl groups is 1. The predicted octanol–water partition coefficient (Wildman–Crippen LogP) is 1.70. The first-order valence-electron chi connectivity index (χ1n) is 3.94. The number of aryl methyl sites for hydroxylation is 1. The number of hydrogen-bond acceptors (Lipinski definition) is 2. The summed E-state index contributed by atoms with van der Waals surface area (Å²) < 4.78 is 0. The maximum Gasteiger partial charge on any atom is 0.0615 e. The zero-order valence-corrected chi connectivity index (χ0v) is 7.41. The van der Waals surface area contributed by atoms with Crippen LogP contribution in [0.25, 0.3) is 6.08 Å². The van der Waals surface area contributed by atoms with E-state index in [9.17, 15) is 0 Å². The van der Waals surface area contributed by atoms with Crippen molar-refractivity contribution in [1.29, 1.82) is 0 Å². The van der Waals surface area contributed by atoms with E-state index in [-0.39, 0.29) is 6.61 Å². The fraction of sp³-hybridized carbons (Fsp3) is 0.300. The normalized spacial score (nSPS) is 10.9. The lowest BCUT2D eigenvalue weighted by atomic mass is 10.1. The fourth-order valence-electron chi connectivity index (χ4n) is 0.998. The molecule has 0 aromatic carbocycles. The summed E-state index contributed by atoms with van der Waals surface area (Å²) in [7, 11) is 0. The Labute approximate surface area is 72.6 Å². The Balaban J connectivity index is 3.00. The lowest BCUT2D eigenvalue weighted by molar-refractivity contribution is 0.343. The molecule has 0 amide bonds. The predicted molar refractivity (Wildman–Crippen MR) is 49.8 cm³/mol. The molecule has 0 spiro atoms. The molecular formula is C10H13NO. The van der Waals surface area contributed by atoms with Crippen molar-refractivity contribution < 1.29 is 5.11 Å². The van der Waals surface area contributed by atoms with Gasteiger partial charge in [-0.3, -0.25) is 4.98 Å². The summed E-state index contributed by atoms with van der Waals surface area (Å²) in [6.45, 7) is 4.15. The Morgan fingerprint density at radius 3 is 2.83 bits per heavy atom. The van der Waals surface area contributed by atoms with Gasteiger partial charge in [0, 0.05) is 12.4 Å². The number of aliphatic hydroxyl groups excluding tert-OH is 1. The number of rotatable bonds is 2. The Morgan fingerprint density at radius 1 is 1.42 bits per heavy atom. The van der Waals surface area contributed by atoms with Gasteiger partial charge in [0.15, 0.2) is 0 Å². The maximum atomic E-state index is 8.58. The minimum Gasteiger partial charge on any atom is -0.392 e. The van der Waals surface area contributed by atoms with Crippen molar-refractivity contribution in [3.63, 3.8) is 0 Å². The van der Waals surface area contributed by atoms with Gasteiger partial charge in [0.25, 0.3) is 0 Å². The van der Waals surface area contributed by atoms with E-state index < -0.39 is 0 Å². The molecular weight excluding hydrogens is 150 g/mol. The lowest BCUT2D eigenvalue weighted by Crippen LogP contribution is -1.87. The van der Waals surface area contributed by atoms with E-state index in [1.165, 1.54) is 11.1 Å². The van der Waals surface area contributed by atoms with Gasteiger partial charge in [-0.15, -0.1) is 0 Å². The maximum absolute atomic E-state index is 8.58. The molecule has 0 radical (unpaired) electrons. The first kappa shape index (κ1) is 8.94. The summed E-state index contributed by atoms with van der Waals surface area (Å²) in [5.74, 6) is 0. The fourth-order valence-corrected chi connectivity index (χ4v) is 0.998. The van der Waals surface area contributed by atoms with Crippen LogP contribution in [0.15, 0.2) is 18.5 Å². The van der Waals surface area contributed by atoms with Gasteiger partial charge in [-0.1, -0.05) is 12.2 Å². The largest absolute Gasteiger partial charge is 0.392 e. The van der Waals surface area contributed by atoms with Gasteiger partial charge in [0.05, 0.1) is 6.61 Å². The van der Waals surface area contributed by atoms with Crippen molar-refractivity contribution in [3.05, 3.63) is 35.2 Å². The second kappa shape index (κ2) is 4.02. The molecule has 2 nitrogen and oxygen atoms in total. The zero-order chi connectivity index (χ0) is 8.97. The summed E-state index contributed by atoms with van der Waals surface area (Å²) in [4.78, 5) is 4.07. The molecule has 0 fully saturated rings. The van der Waals surface area contributed by atoms with Gasteiger partial charge >= 0.3 is 0 Å². The molecule has 0 aliphatic heterocycles. The molecule has 0 unspecified atom stereocenters. The van der Waals surface area contributed by atoms with Crippen LogP contribution in [0.5, 0.6) is 0 Å². The van der Waals surface area contributed by atoms with E-state index in [1.807, 2.05) is 26.1 Å². The Kier molecular flexibility index (Phi) is 3.00. The Hall–Kier alpha value is -1.15. The van der Waals surface area contributed by atoms with Crippen LogP contribution in [-0.2, 0) is 0 Å². The van der Waals surface area contributed by atoms with Crippen molar-refractivity contribution in [3.8, 4) is 0 Å². The molecule has 0 saturated heterocycles. The van der Waals surface area contributed by atoms with Gasteiger partial charge in [-0.25, -0.2) is 0 Å². The Bertz CT molecular complexity index is 292. The lowest BCUT2D eigenvalue weighted by Gasteiger charge is -2.01. The van der Waals surface area contributed by atoms with Crippen LogP contribution in [-0.4, -0.2) is 16.7 Å². The highest BCUT2D eigenvalue weighted by Crippen LogP contribution is 2.11. The van der Waals surface area contributed by atoms with Gasteiger partial charge in [0.2, 0.25) is 0 Å². The van der Waals surface area contributed by atoms with E-state index in [1.54, 1.807) is 12.3 Å². The van der Waals surface area contributed by atoms with Crippen molar-refractivity contribution in [2.75, 3.05) is 6.61 Å². The summed E-state index contributed by atoms with van der Waals surface area (Å²) in [5.41, 5.74) is 3.47. The first-order chi connectivity index (χ1) is 5.75. The smallest absolute Gasteiger partial charge is 0.0615 e. The average molecular weight is 163 g/mol. The molecule has 0 aliphatic carbocycles. The number of aromatic nitrogens is 1. The van der Waals surface area contributed by atoms with Crippen LogP contribution in [0.1, 0.15) is 16.7 Å². The molecule has 0 saturated carbocycles. The average Bonchev–Trinajstić information content (AvgIpc) is 2.08. The molecule has 12 heavy (non-hydrogen) atoms. The third-order valence-corrected chi connectivity index (χ3v) is 1.91. The van der Waals surface area contributed by atoms with E-state index in [0.717, 1.165) is 5.56 Å². The van der Waals surface area contributed by atoms with Crippen LogP contribution < -0.4 is 0 Å². The molecule has 1 aromatic rings. The second-order valence-electron chi connectivity index (χ2n) is 2.76. The second-order valence-corrected chi connectivity index (χ2v) is 2.76. The molecule has 1 aromatic heterocycles. The monoisotopic (exact) mass is 163 g/mol. The molecule has 2 heteroatoms. The Morgan fingerprint density at radius 2 is 2.17 bits per heavy atom. The number of hydrogen-bond donors (Lipinski definition) is 1. The quantitative estimate of drug-likeness (QED) is 0.720. The molecule has 1 N–H and O–H groups in total. The highest BCUT2D eigenvalue weighted by atomic mass is 16.2. The van der Waals surface area contributed by atoms with Gasteiger partial charge in [-0.2, -0.15) is 0 Å². The van der Waals surface area contributed by atoms with E-state index in [0.29, 0.717) is 0 Å². The third kappa shape index (κ3) is 1.92. The highest BCUT2D eigenvalue weighted by molar-refractivity contribution is 5.53. The van der Waals surface area contributed by atoms with Gasteiger partial charge < -0.3 is 5.11 Å². The van der Waals surface area contributed by atoms with Crippen LogP contribution in [0.2, 0.25) is 0 Å². The van der Waals surface area contributed by atoms with Crippen LogP contribution in [0.4, 0.5) is 0 Å². The van der Waals surface area contributed by atoms with E-state index in [2.05, 4.69) is 4.98 Å². The molecule has 64 valence electrons.